The maximum absolute atomic E-state index is 11.3. The van der Waals surface area contributed by atoms with Crippen LogP contribution in [0.15, 0.2) is 24.3 Å². The van der Waals surface area contributed by atoms with Gasteiger partial charge in [0.15, 0.2) is 5.75 Å². The van der Waals surface area contributed by atoms with Gasteiger partial charge in [0.1, 0.15) is 0 Å². The van der Waals surface area contributed by atoms with Gasteiger partial charge in [-0.05, 0) is 19.1 Å². The number of hydrogen-bond donors (Lipinski definition) is 1. The molecule has 1 aromatic carbocycles. The highest BCUT2D eigenvalue weighted by Gasteiger charge is 2.06. The van der Waals surface area contributed by atoms with E-state index in [1.54, 1.807) is 24.3 Å². The van der Waals surface area contributed by atoms with Gasteiger partial charge in [-0.1, -0.05) is 23.7 Å². The summed E-state index contributed by atoms with van der Waals surface area (Å²) in [6, 6.07) is 6.80. The van der Waals surface area contributed by atoms with E-state index in [9.17, 15) is 4.79 Å². The van der Waals surface area contributed by atoms with E-state index in [-0.39, 0.29) is 0 Å². The van der Waals surface area contributed by atoms with Crippen LogP contribution in [0, 0.1) is 0 Å². The van der Waals surface area contributed by atoms with Crippen molar-refractivity contribution in [3.8, 4) is 5.75 Å². The van der Waals surface area contributed by atoms with E-state index in [1.807, 2.05) is 6.92 Å². The average Bonchev–Trinajstić information content (AvgIpc) is 2.28. The SMILES string of the molecule is CCOCCNC(=O)Oc1ccccc1Cl. The van der Waals surface area contributed by atoms with E-state index >= 15 is 0 Å². The van der Waals surface area contributed by atoms with E-state index in [2.05, 4.69) is 5.32 Å². The highest BCUT2D eigenvalue weighted by Crippen LogP contribution is 2.22. The number of carbonyl (C=O) groups is 1. The lowest BCUT2D eigenvalue weighted by molar-refractivity contribution is 0.145. The molecule has 0 heterocycles. The van der Waals surface area contributed by atoms with Crippen molar-refractivity contribution >= 4 is 17.7 Å². The second kappa shape index (κ2) is 7.09. The molecule has 0 atom stereocenters. The van der Waals surface area contributed by atoms with Crippen molar-refractivity contribution in [3.05, 3.63) is 29.3 Å². The van der Waals surface area contributed by atoms with Gasteiger partial charge in [0.2, 0.25) is 0 Å². The van der Waals surface area contributed by atoms with E-state index in [0.717, 1.165) is 0 Å². The largest absolute Gasteiger partial charge is 0.412 e. The zero-order valence-electron chi connectivity index (χ0n) is 9.03. The quantitative estimate of drug-likeness (QED) is 0.809. The molecule has 0 saturated carbocycles. The number of hydrogen-bond acceptors (Lipinski definition) is 3. The molecule has 0 aliphatic heterocycles. The lowest BCUT2D eigenvalue weighted by Gasteiger charge is -2.07. The molecular weight excluding hydrogens is 230 g/mol. The van der Waals surface area contributed by atoms with Gasteiger partial charge < -0.3 is 14.8 Å². The third kappa shape index (κ3) is 4.51. The van der Waals surface area contributed by atoms with Gasteiger partial charge in [0, 0.05) is 13.2 Å². The van der Waals surface area contributed by atoms with Gasteiger partial charge in [-0.3, -0.25) is 0 Å². The second-order valence-electron chi connectivity index (χ2n) is 2.94. The summed E-state index contributed by atoms with van der Waals surface area (Å²) in [7, 11) is 0. The summed E-state index contributed by atoms with van der Waals surface area (Å²) in [4.78, 5) is 11.3. The zero-order valence-corrected chi connectivity index (χ0v) is 9.79. The monoisotopic (exact) mass is 243 g/mol. The van der Waals surface area contributed by atoms with Crippen LogP contribution in [0.5, 0.6) is 5.75 Å². The van der Waals surface area contributed by atoms with Crippen molar-refractivity contribution in [2.45, 2.75) is 6.92 Å². The van der Waals surface area contributed by atoms with Gasteiger partial charge >= 0.3 is 6.09 Å². The lowest BCUT2D eigenvalue weighted by atomic mass is 10.3. The molecule has 1 rings (SSSR count). The first-order valence-electron chi connectivity index (χ1n) is 5.02. The summed E-state index contributed by atoms with van der Waals surface area (Å²) < 4.78 is 10.0. The van der Waals surface area contributed by atoms with Crippen molar-refractivity contribution in [2.75, 3.05) is 19.8 Å². The van der Waals surface area contributed by atoms with Gasteiger partial charge in [-0.2, -0.15) is 0 Å². The fraction of sp³-hybridized carbons (Fsp3) is 0.364. The standard InChI is InChI=1S/C11H14ClNO3/c1-2-15-8-7-13-11(14)16-10-6-4-3-5-9(10)12/h3-6H,2,7-8H2,1H3,(H,13,14). The summed E-state index contributed by atoms with van der Waals surface area (Å²) in [6.07, 6.45) is -0.534. The Kier molecular flexibility index (Phi) is 5.67. The van der Waals surface area contributed by atoms with Gasteiger partial charge in [0.25, 0.3) is 0 Å². The first-order valence-corrected chi connectivity index (χ1v) is 5.39. The first-order chi connectivity index (χ1) is 7.74. The van der Waals surface area contributed by atoms with Crippen molar-refractivity contribution in [1.29, 1.82) is 0 Å². The molecule has 0 radical (unpaired) electrons. The highest BCUT2D eigenvalue weighted by molar-refractivity contribution is 6.32. The van der Waals surface area contributed by atoms with Crippen LogP contribution < -0.4 is 10.1 Å². The molecule has 88 valence electrons. The Labute approximate surface area is 99.5 Å². The Morgan fingerprint density at radius 3 is 2.88 bits per heavy atom. The number of amides is 1. The zero-order chi connectivity index (χ0) is 11.8. The van der Waals surface area contributed by atoms with E-state index in [4.69, 9.17) is 21.1 Å². The Morgan fingerprint density at radius 2 is 2.19 bits per heavy atom. The molecule has 0 aliphatic carbocycles. The minimum absolute atomic E-state index is 0.345. The molecule has 0 fully saturated rings. The molecule has 1 N–H and O–H groups in total. The van der Waals surface area contributed by atoms with Crippen LogP contribution in [0.3, 0.4) is 0 Å². The normalized spacial score (nSPS) is 9.88. The van der Waals surface area contributed by atoms with E-state index in [1.165, 1.54) is 0 Å². The third-order valence-corrected chi connectivity index (χ3v) is 2.07. The Morgan fingerprint density at radius 1 is 1.44 bits per heavy atom. The molecule has 0 saturated heterocycles. The first kappa shape index (κ1) is 12.8. The maximum atomic E-state index is 11.3. The maximum Gasteiger partial charge on any atom is 0.412 e. The van der Waals surface area contributed by atoms with Crippen molar-refractivity contribution in [2.24, 2.45) is 0 Å². The number of halogens is 1. The summed E-state index contributed by atoms with van der Waals surface area (Å²) in [6.45, 7) is 3.40. The predicted molar refractivity (Wildman–Crippen MR) is 62.0 cm³/mol. The van der Waals surface area contributed by atoms with Gasteiger partial charge in [-0.15, -0.1) is 0 Å². The van der Waals surface area contributed by atoms with E-state index < -0.39 is 6.09 Å². The summed E-state index contributed by atoms with van der Waals surface area (Å²) in [5.41, 5.74) is 0. The van der Waals surface area contributed by atoms with Crippen molar-refractivity contribution < 1.29 is 14.3 Å². The molecule has 0 bridgehead atoms. The van der Waals surface area contributed by atoms with Gasteiger partial charge in [0.05, 0.1) is 11.6 Å². The average molecular weight is 244 g/mol. The summed E-state index contributed by atoms with van der Waals surface area (Å²) in [5.74, 6) is 0.345. The topological polar surface area (TPSA) is 47.6 Å². The van der Waals surface area contributed by atoms with Crippen LogP contribution in [-0.4, -0.2) is 25.9 Å². The number of carbonyl (C=O) groups excluding carboxylic acids is 1. The highest BCUT2D eigenvalue weighted by atomic mass is 35.5. The lowest BCUT2D eigenvalue weighted by Crippen LogP contribution is -2.30. The van der Waals surface area contributed by atoms with Crippen LogP contribution in [0.4, 0.5) is 4.79 Å². The Hall–Kier alpha value is -1.26. The molecule has 1 amide bonds. The molecule has 4 nitrogen and oxygen atoms in total. The number of benzene rings is 1. The van der Waals surface area contributed by atoms with Crippen LogP contribution in [0.25, 0.3) is 0 Å². The molecule has 1 aromatic rings. The predicted octanol–water partition coefficient (Wildman–Crippen LogP) is 2.46. The Bertz CT molecular complexity index is 344. The van der Waals surface area contributed by atoms with Crippen LogP contribution in [0.2, 0.25) is 5.02 Å². The number of nitrogens with one attached hydrogen (secondary N) is 1. The van der Waals surface area contributed by atoms with Crippen molar-refractivity contribution in [1.82, 2.24) is 5.32 Å². The molecule has 0 aliphatic rings. The minimum atomic E-state index is -0.534. The van der Waals surface area contributed by atoms with Crippen LogP contribution >= 0.6 is 11.6 Å². The molecule has 5 heteroatoms. The number of para-hydroxylation sites is 1. The second-order valence-corrected chi connectivity index (χ2v) is 3.35. The van der Waals surface area contributed by atoms with E-state index in [0.29, 0.717) is 30.5 Å². The van der Waals surface area contributed by atoms with Crippen LogP contribution in [0.1, 0.15) is 6.92 Å². The molecular formula is C11H14ClNO3. The molecule has 0 spiro atoms. The molecule has 16 heavy (non-hydrogen) atoms. The third-order valence-electron chi connectivity index (χ3n) is 1.76. The van der Waals surface area contributed by atoms with Crippen molar-refractivity contribution in [3.63, 3.8) is 0 Å². The minimum Gasteiger partial charge on any atom is -0.409 e. The Balaban J connectivity index is 2.32. The summed E-state index contributed by atoms with van der Waals surface area (Å²) in [5, 5.41) is 2.95. The number of ether oxygens (including phenoxy) is 2. The summed E-state index contributed by atoms with van der Waals surface area (Å²) >= 11 is 5.82. The fourth-order valence-corrected chi connectivity index (χ4v) is 1.21. The smallest absolute Gasteiger partial charge is 0.409 e. The molecule has 0 aromatic heterocycles. The number of rotatable bonds is 5. The molecule has 0 unspecified atom stereocenters. The van der Waals surface area contributed by atoms with Crippen LogP contribution in [-0.2, 0) is 4.74 Å². The van der Waals surface area contributed by atoms with Gasteiger partial charge in [-0.25, -0.2) is 4.79 Å². The fourth-order valence-electron chi connectivity index (χ4n) is 1.03.